The first kappa shape index (κ1) is 10.9. The van der Waals surface area contributed by atoms with Gasteiger partial charge < -0.3 is 4.74 Å². The average molecular weight is 303 g/mol. The van der Waals surface area contributed by atoms with Gasteiger partial charge in [0.2, 0.25) is 0 Å². The zero-order valence-electron chi connectivity index (χ0n) is 7.82. The summed E-state index contributed by atoms with van der Waals surface area (Å²) >= 11 is 6.54. The van der Waals surface area contributed by atoms with Crippen molar-refractivity contribution in [2.75, 3.05) is 7.11 Å². The van der Waals surface area contributed by atoms with E-state index < -0.39 is 0 Å². The number of esters is 1. The Hall–Kier alpha value is -0.650. The number of thiophene rings is 2. The van der Waals surface area contributed by atoms with Gasteiger partial charge in [-0.05, 0) is 33.4 Å². The molecule has 78 valence electrons. The maximum atomic E-state index is 11.3. The SMILES string of the molecule is COC(=O)c1cc(Br)c(-c2cccs2)s1. The van der Waals surface area contributed by atoms with E-state index in [1.165, 1.54) is 18.4 Å². The highest BCUT2D eigenvalue weighted by Crippen LogP contribution is 2.38. The van der Waals surface area contributed by atoms with Crippen LogP contribution in [0.2, 0.25) is 0 Å². The van der Waals surface area contributed by atoms with Gasteiger partial charge in [0.15, 0.2) is 0 Å². The van der Waals surface area contributed by atoms with Gasteiger partial charge in [-0.1, -0.05) is 6.07 Å². The van der Waals surface area contributed by atoms with E-state index >= 15 is 0 Å². The predicted molar refractivity (Wildman–Crippen MR) is 66.7 cm³/mol. The highest BCUT2D eigenvalue weighted by molar-refractivity contribution is 9.10. The van der Waals surface area contributed by atoms with E-state index in [0.29, 0.717) is 4.88 Å². The monoisotopic (exact) mass is 302 g/mol. The van der Waals surface area contributed by atoms with Crippen LogP contribution >= 0.6 is 38.6 Å². The lowest BCUT2D eigenvalue weighted by molar-refractivity contribution is 0.0606. The minimum absolute atomic E-state index is 0.288. The summed E-state index contributed by atoms with van der Waals surface area (Å²) in [5.74, 6) is -0.288. The quantitative estimate of drug-likeness (QED) is 0.783. The average Bonchev–Trinajstić information content (AvgIpc) is 2.84. The van der Waals surface area contributed by atoms with Gasteiger partial charge >= 0.3 is 5.97 Å². The van der Waals surface area contributed by atoms with Crippen LogP contribution in [0.3, 0.4) is 0 Å². The Labute approximate surface area is 104 Å². The lowest BCUT2D eigenvalue weighted by Gasteiger charge is -1.92. The van der Waals surface area contributed by atoms with Crippen molar-refractivity contribution in [1.29, 1.82) is 0 Å². The third-order valence-electron chi connectivity index (χ3n) is 1.82. The molecule has 2 nitrogen and oxygen atoms in total. The van der Waals surface area contributed by atoms with Gasteiger partial charge in [-0.2, -0.15) is 0 Å². The molecule has 2 rings (SSSR count). The standard InChI is InChI=1S/C10H7BrO2S2/c1-13-10(12)8-5-6(11)9(15-8)7-3-2-4-14-7/h2-5H,1H3. The number of carbonyl (C=O) groups is 1. The van der Waals surface area contributed by atoms with E-state index in [0.717, 1.165) is 14.2 Å². The van der Waals surface area contributed by atoms with Crippen LogP contribution in [0.15, 0.2) is 28.1 Å². The molecule has 0 spiro atoms. The maximum absolute atomic E-state index is 11.3. The van der Waals surface area contributed by atoms with E-state index in [9.17, 15) is 4.79 Å². The van der Waals surface area contributed by atoms with Crippen molar-refractivity contribution in [2.45, 2.75) is 0 Å². The van der Waals surface area contributed by atoms with Crippen LogP contribution in [0.25, 0.3) is 9.75 Å². The molecule has 0 aromatic carbocycles. The Morgan fingerprint density at radius 2 is 2.33 bits per heavy atom. The Morgan fingerprint density at radius 3 is 2.93 bits per heavy atom. The van der Waals surface area contributed by atoms with Crippen LogP contribution in [0.1, 0.15) is 9.67 Å². The van der Waals surface area contributed by atoms with Gasteiger partial charge in [-0.3, -0.25) is 0 Å². The maximum Gasteiger partial charge on any atom is 0.348 e. The molecule has 0 aliphatic rings. The van der Waals surface area contributed by atoms with Crippen LogP contribution in [-0.4, -0.2) is 13.1 Å². The molecule has 2 aromatic heterocycles. The van der Waals surface area contributed by atoms with Gasteiger partial charge in [-0.15, -0.1) is 22.7 Å². The first-order valence-electron chi connectivity index (χ1n) is 4.14. The number of hydrogen-bond acceptors (Lipinski definition) is 4. The molecule has 0 aliphatic heterocycles. The molecule has 2 aromatic rings. The lowest BCUT2D eigenvalue weighted by Crippen LogP contribution is -1.96. The molecule has 0 aliphatic carbocycles. The van der Waals surface area contributed by atoms with Crippen molar-refractivity contribution < 1.29 is 9.53 Å². The second-order valence-corrected chi connectivity index (χ2v) is 5.61. The summed E-state index contributed by atoms with van der Waals surface area (Å²) in [6.45, 7) is 0. The molecule has 0 N–H and O–H groups in total. The molecule has 0 unspecified atom stereocenters. The molecule has 0 bridgehead atoms. The molecule has 2 heterocycles. The Kier molecular flexibility index (Phi) is 3.23. The van der Waals surface area contributed by atoms with Crippen molar-refractivity contribution in [3.05, 3.63) is 32.9 Å². The van der Waals surface area contributed by atoms with Gasteiger partial charge in [0.05, 0.1) is 12.0 Å². The summed E-state index contributed by atoms with van der Waals surface area (Å²) in [5, 5.41) is 2.01. The van der Waals surface area contributed by atoms with Crippen molar-refractivity contribution >= 4 is 44.6 Å². The first-order chi connectivity index (χ1) is 7.22. The Morgan fingerprint density at radius 1 is 1.53 bits per heavy atom. The molecule has 0 radical (unpaired) electrons. The lowest BCUT2D eigenvalue weighted by atomic mass is 10.4. The van der Waals surface area contributed by atoms with Crippen LogP contribution < -0.4 is 0 Å². The molecule has 0 amide bonds. The third kappa shape index (κ3) is 2.14. The van der Waals surface area contributed by atoms with Crippen LogP contribution in [0, 0.1) is 0 Å². The van der Waals surface area contributed by atoms with Gasteiger partial charge in [0.25, 0.3) is 0 Å². The molecule has 0 saturated heterocycles. The van der Waals surface area contributed by atoms with Crippen LogP contribution in [0.5, 0.6) is 0 Å². The summed E-state index contributed by atoms with van der Waals surface area (Å²) in [4.78, 5) is 14.2. The molecule has 15 heavy (non-hydrogen) atoms. The molecular formula is C10H7BrO2S2. The fourth-order valence-electron chi connectivity index (χ4n) is 1.15. The number of halogens is 1. The number of carbonyl (C=O) groups excluding carboxylic acids is 1. The molecule has 5 heteroatoms. The zero-order chi connectivity index (χ0) is 10.8. The van der Waals surface area contributed by atoms with Crippen LogP contribution in [0.4, 0.5) is 0 Å². The second kappa shape index (κ2) is 4.47. The Balaban J connectivity index is 2.42. The first-order valence-corrected chi connectivity index (χ1v) is 6.63. The van der Waals surface area contributed by atoms with E-state index in [4.69, 9.17) is 0 Å². The fourth-order valence-corrected chi connectivity index (χ4v) is 3.95. The second-order valence-electron chi connectivity index (χ2n) is 2.76. The number of methoxy groups -OCH3 is 1. The minimum atomic E-state index is -0.288. The summed E-state index contributed by atoms with van der Waals surface area (Å²) in [5.41, 5.74) is 0. The van der Waals surface area contributed by atoms with Gasteiger partial charge in [0.1, 0.15) is 4.88 Å². The summed E-state index contributed by atoms with van der Waals surface area (Å²) < 4.78 is 5.62. The summed E-state index contributed by atoms with van der Waals surface area (Å²) in [6.07, 6.45) is 0. The van der Waals surface area contributed by atoms with E-state index in [1.807, 2.05) is 17.5 Å². The molecule has 0 fully saturated rings. The smallest absolute Gasteiger partial charge is 0.348 e. The van der Waals surface area contributed by atoms with E-state index in [2.05, 4.69) is 20.7 Å². The minimum Gasteiger partial charge on any atom is -0.465 e. The number of rotatable bonds is 2. The van der Waals surface area contributed by atoms with Crippen molar-refractivity contribution in [3.63, 3.8) is 0 Å². The van der Waals surface area contributed by atoms with Gasteiger partial charge in [0, 0.05) is 9.35 Å². The summed E-state index contributed by atoms with van der Waals surface area (Å²) in [6, 6.07) is 5.82. The van der Waals surface area contributed by atoms with E-state index in [1.54, 1.807) is 17.4 Å². The summed E-state index contributed by atoms with van der Waals surface area (Å²) in [7, 11) is 1.39. The number of ether oxygens (including phenoxy) is 1. The van der Waals surface area contributed by atoms with Crippen molar-refractivity contribution in [1.82, 2.24) is 0 Å². The molecule has 0 atom stereocenters. The highest BCUT2D eigenvalue weighted by atomic mass is 79.9. The largest absolute Gasteiger partial charge is 0.465 e. The Bertz CT molecular complexity index is 474. The zero-order valence-corrected chi connectivity index (χ0v) is 11.0. The molecule has 0 saturated carbocycles. The molecular weight excluding hydrogens is 296 g/mol. The topological polar surface area (TPSA) is 26.3 Å². The number of hydrogen-bond donors (Lipinski definition) is 0. The third-order valence-corrected chi connectivity index (χ3v) is 4.87. The van der Waals surface area contributed by atoms with Crippen LogP contribution in [-0.2, 0) is 4.74 Å². The van der Waals surface area contributed by atoms with Crippen molar-refractivity contribution in [3.8, 4) is 9.75 Å². The fraction of sp³-hybridized carbons (Fsp3) is 0.100. The van der Waals surface area contributed by atoms with Crippen molar-refractivity contribution in [2.24, 2.45) is 0 Å². The van der Waals surface area contributed by atoms with Gasteiger partial charge in [-0.25, -0.2) is 4.79 Å². The normalized spacial score (nSPS) is 10.3. The predicted octanol–water partition coefficient (Wildman–Crippen LogP) is 4.03. The highest BCUT2D eigenvalue weighted by Gasteiger charge is 2.15. The van der Waals surface area contributed by atoms with E-state index in [-0.39, 0.29) is 5.97 Å².